The minimum absolute atomic E-state index is 0.130. The molecule has 0 spiro atoms. The number of fused-ring (bicyclic) bond motifs is 6. The van der Waals surface area contributed by atoms with Gasteiger partial charge >= 0.3 is 10.2 Å². The number of carbonyl (C=O) groups is 1. The van der Waals surface area contributed by atoms with Gasteiger partial charge in [0.2, 0.25) is 0 Å². The molecule has 1 aromatic heterocycles. The number of aromatic nitrogens is 1. The number of nitrogens with zero attached hydrogens (tertiary/aromatic N) is 4. The number of hydrogen-bond acceptors (Lipinski definition) is 6. The Hall–Kier alpha value is -2.92. The van der Waals surface area contributed by atoms with Gasteiger partial charge in [-0.05, 0) is 68.6 Å². The number of para-hydroxylation sites is 1. The maximum absolute atomic E-state index is 13.4. The molecule has 7 rings (SSSR count). The molecule has 1 amide bonds. The van der Waals surface area contributed by atoms with Crippen LogP contribution in [0, 0.1) is 0 Å². The molecule has 2 aromatic carbocycles. The van der Waals surface area contributed by atoms with E-state index in [1.54, 1.807) is 6.07 Å². The van der Waals surface area contributed by atoms with E-state index in [2.05, 4.69) is 44.3 Å². The van der Waals surface area contributed by atoms with Gasteiger partial charge in [0.05, 0.1) is 11.7 Å². The third kappa shape index (κ3) is 4.92. The van der Waals surface area contributed by atoms with Crippen molar-refractivity contribution in [3.8, 4) is 17.0 Å². The number of ether oxygens (including phenoxy) is 1. The number of nitrogens with one attached hydrogen (secondary N) is 1. The highest BCUT2D eigenvalue weighted by atomic mass is 32.2. The molecule has 2 fully saturated rings. The number of benzene rings is 2. The smallest absolute Gasteiger partial charge is 0.303 e. The summed E-state index contributed by atoms with van der Waals surface area (Å²) in [5.74, 6) is 0.716. The lowest BCUT2D eigenvalue weighted by Gasteiger charge is -2.36. The lowest BCUT2D eigenvalue weighted by Crippen LogP contribution is -2.48. The van der Waals surface area contributed by atoms with Gasteiger partial charge in [-0.2, -0.15) is 12.7 Å². The maximum atomic E-state index is 13.4. The lowest BCUT2D eigenvalue weighted by molar-refractivity contribution is 0.0978. The van der Waals surface area contributed by atoms with Crippen LogP contribution in [-0.2, 0) is 16.8 Å². The Morgan fingerprint density at radius 2 is 1.71 bits per heavy atom. The molecule has 42 heavy (non-hydrogen) atoms. The molecule has 10 heteroatoms. The normalized spacial score (nSPS) is 27.4. The zero-order chi connectivity index (χ0) is 29.0. The van der Waals surface area contributed by atoms with Crippen LogP contribution in [0.4, 0.5) is 0 Å². The molecule has 1 aliphatic carbocycles. The van der Waals surface area contributed by atoms with Gasteiger partial charge in [0.1, 0.15) is 12.4 Å². The van der Waals surface area contributed by atoms with Crippen molar-refractivity contribution in [3.05, 3.63) is 53.6 Å². The monoisotopic (exact) mass is 591 g/mol. The largest absolute Gasteiger partial charge is 0.491 e. The Labute approximate surface area is 248 Å². The van der Waals surface area contributed by atoms with E-state index >= 15 is 0 Å². The molecule has 3 aliphatic heterocycles. The summed E-state index contributed by atoms with van der Waals surface area (Å²) in [6, 6.07) is 14.6. The summed E-state index contributed by atoms with van der Waals surface area (Å²) in [6.45, 7) is 4.03. The van der Waals surface area contributed by atoms with Gasteiger partial charge in [-0.15, -0.1) is 0 Å². The van der Waals surface area contributed by atoms with Crippen molar-refractivity contribution < 1.29 is 17.9 Å². The molecule has 1 N–H and O–H groups in total. The average molecular weight is 592 g/mol. The van der Waals surface area contributed by atoms with Crippen molar-refractivity contribution >= 4 is 27.0 Å². The van der Waals surface area contributed by atoms with E-state index in [1.807, 2.05) is 18.2 Å². The maximum Gasteiger partial charge on any atom is 0.303 e. The van der Waals surface area contributed by atoms with Crippen LogP contribution < -0.4 is 9.46 Å². The second-order valence-electron chi connectivity index (χ2n) is 12.6. The average Bonchev–Trinajstić information content (AvgIpc) is 3.58. The van der Waals surface area contributed by atoms with Crippen LogP contribution in [0.3, 0.4) is 0 Å². The van der Waals surface area contributed by atoms with Crippen molar-refractivity contribution in [2.45, 2.75) is 63.1 Å². The van der Waals surface area contributed by atoms with E-state index in [9.17, 15) is 13.2 Å². The van der Waals surface area contributed by atoms with Gasteiger partial charge in [-0.3, -0.25) is 9.69 Å². The van der Waals surface area contributed by atoms with Crippen LogP contribution in [0.2, 0.25) is 0 Å². The molecule has 1 saturated heterocycles. The van der Waals surface area contributed by atoms with E-state index in [1.165, 1.54) is 41.9 Å². The fourth-order valence-corrected chi connectivity index (χ4v) is 8.42. The number of likely N-dealkylation sites (N-methyl/N-ethyl adjacent to an activating group) is 2. The third-order valence-corrected chi connectivity index (χ3v) is 11.6. The summed E-state index contributed by atoms with van der Waals surface area (Å²) in [4.78, 5) is 18.2. The van der Waals surface area contributed by atoms with Crippen molar-refractivity contribution in [1.82, 2.24) is 23.4 Å². The summed E-state index contributed by atoms with van der Waals surface area (Å²) in [5.41, 5.74) is 4.95. The van der Waals surface area contributed by atoms with E-state index < -0.39 is 16.1 Å². The highest BCUT2D eigenvalue weighted by Crippen LogP contribution is 2.47. The highest BCUT2D eigenvalue weighted by Gasteiger charge is 2.35. The summed E-state index contributed by atoms with van der Waals surface area (Å²) >= 11 is 0. The molecule has 224 valence electrons. The highest BCUT2D eigenvalue weighted by molar-refractivity contribution is 7.87. The molecule has 9 nitrogen and oxygen atoms in total. The minimum atomic E-state index is -3.97. The topological polar surface area (TPSA) is 87.1 Å². The molecular weight excluding hydrogens is 550 g/mol. The molecular formula is C32H41N5O4S. The van der Waals surface area contributed by atoms with Crippen LogP contribution in [0.15, 0.2) is 42.5 Å². The molecule has 6 bridgehead atoms. The van der Waals surface area contributed by atoms with Crippen LogP contribution in [-0.4, -0.2) is 92.0 Å². The van der Waals surface area contributed by atoms with Gasteiger partial charge in [0, 0.05) is 61.3 Å². The zero-order valence-electron chi connectivity index (χ0n) is 24.6. The first-order valence-electron chi connectivity index (χ1n) is 15.4. The first-order valence-corrected chi connectivity index (χ1v) is 16.8. The molecule has 3 aromatic rings. The van der Waals surface area contributed by atoms with Crippen molar-refractivity contribution in [1.29, 1.82) is 0 Å². The van der Waals surface area contributed by atoms with E-state index in [0.717, 1.165) is 61.1 Å². The second kappa shape index (κ2) is 11.0. The Balaban J connectivity index is 1.45. The Morgan fingerprint density at radius 3 is 2.55 bits per heavy atom. The van der Waals surface area contributed by atoms with Crippen LogP contribution >= 0.6 is 0 Å². The lowest BCUT2D eigenvalue weighted by atomic mass is 9.81. The molecule has 4 aliphatic rings. The van der Waals surface area contributed by atoms with Gasteiger partial charge in [-0.1, -0.05) is 37.5 Å². The Bertz CT molecular complexity index is 1610. The third-order valence-electron chi connectivity index (χ3n) is 10.1. The summed E-state index contributed by atoms with van der Waals surface area (Å²) in [6.07, 6.45) is 7.00. The van der Waals surface area contributed by atoms with Gasteiger partial charge in [0.25, 0.3) is 5.91 Å². The van der Waals surface area contributed by atoms with Crippen LogP contribution in [0.25, 0.3) is 22.2 Å². The Kier molecular flexibility index (Phi) is 7.28. The van der Waals surface area contributed by atoms with Gasteiger partial charge < -0.3 is 14.2 Å². The Morgan fingerprint density at radius 1 is 0.905 bits per heavy atom. The standard InChI is InChI=1S/C32H41N5O4S/c1-34-16-17-36-15-14-24(19-36)35(2)25-20-37-28-18-23(32(38)33-42(34,39)40)12-13-26(28)30(22-8-4-3-5-9-22)31(37)27-10-6-7-11-29(27)41-21-25/h6-7,10-13,18,22,24-25H,3-5,8-9,14-17,19-21H2,1-2H3,(H,33,38)/t24-,25+/m0/s1. The first kappa shape index (κ1) is 27.9. The number of carbonyl (C=O) groups excluding carboxylic acids is 1. The van der Waals surface area contributed by atoms with Crippen LogP contribution in [0.1, 0.15) is 60.4 Å². The van der Waals surface area contributed by atoms with Gasteiger partial charge in [0.15, 0.2) is 0 Å². The zero-order valence-corrected chi connectivity index (χ0v) is 25.4. The second-order valence-corrected chi connectivity index (χ2v) is 14.3. The molecule has 4 heterocycles. The number of amides is 1. The van der Waals surface area contributed by atoms with Crippen molar-refractivity contribution in [3.63, 3.8) is 0 Å². The minimum Gasteiger partial charge on any atom is -0.491 e. The van der Waals surface area contributed by atoms with E-state index in [-0.39, 0.29) is 6.04 Å². The summed E-state index contributed by atoms with van der Waals surface area (Å²) < 4.78 is 38.8. The van der Waals surface area contributed by atoms with E-state index in [4.69, 9.17) is 4.74 Å². The molecule has 3 atom stereocenters. The summed E-state index contributed by atoms with van der Waals surface area (Å²) in [5, 5.41) is 1.15. The molecule has 1 unspecified atom stereocenters. The first-order chi connectivity index (χ1) is 20.3. The van der Waals surface area contributed by atoms with E-state index in [0.29, 0.717) is 37.2 Å². The fourth-order valence-electron chi connectivity index (χ4n) is 7.59. The quantitative estimate of drug-likeness (QED) is 0.460. The SMILES string of the molecule is CN1[C@H]2CCN(CCN(C)S(=O)(=O)NC(=O)c3ccc4c(C5CCCCC5)c5n(c4c3)C[C@@H]1COc1ccccc1-5)C2. The van der Waals surface area contributed by atoms with Crippen LogP contribution in [0.5, 0.6) is 5.75 Å². The number of hydrogen-bond donors (Lipinski definition) is 1. The predicted molar refractivity (Wildman–Crippen MR) is 164 cm³/mol. The summed E-state index contributed by atoms with van der Waals surface area (Å²) in [7, 11) is -0.230. The molecule has 1 saturated carbocycles. The fraction of sp³-hybridized carbons (Fsp3) is 0.531. The molecule has 0 radical (unpaired) electrons. The van der Waals surface area contributed by atoms with Gasteiger partial charge in [-0.25, -0.2) is 4.72 Å². The van der Waals surface area contributed by atoms with Crippen molar-refractivity contribution in [2.75, 3.05) is 46.9 Å². The number of rotatable bonds is 1. The predicted octanol–water partition coefficient (Wildman–Crippen LogP) is 4.04. The van der Waals surface area contributed by atoms with Crippen molar-refractivity contribution in [2.24, 2.45) is 0 Å².